The summed E-state index contributed by atoms with van der Waals surface area (Å²) >= 11 is 5.93. The summed E-state index contributed by atoms with van der Waals surface area (Å²) in [6.07, 6.45) is -3.78. The molecule has 1 saturated carbocycles. The molecule has 25 heavy (non-hydrogen) atoms. The van der Waals surface area contributed by atoms with Gasteiger partial charge in [-0.2, -0.15) is 13.2 Å². The van der Waals surface area contributed by atoms with E-state index in [1.165, 1.54) is 0 Å². The predicted octanol–water partition coefficient (Wildman–Crippen LogP) is 4.42. The number of esters is 1. The summed E-state index contributed by atoms with van der Waals surface area (Å²) in [5.41, 5.74) is -4.11. The number of ether oxygens (including phenoxy) is 1. The average molecular weight is 376 g/mol. The summed E-state index contributed by atoms with van der Waals surface area (Å²) in [6, 6.07) is 2.68. The van der Waals surface area contributed by atoms with Crippen LogP contribution in [-0.4, -0.2) is 17.5 Å². The van der Waals surface area contributed by atoms with Gasteiger partial charge in [-0.3, -0.25) is 9.59 Å². The summed E-state index contributed by atoms with van der Waals surface area (Å²) in [5.74, 6) is -1.12. The van der Waals surface area contributed by atoms with Gasteiger partial charge in [0.15, 0.2) is 5.60 Å². The molecule has 2 bridgehead atoms. The van der Waals surface area contributed by atoms with Crippen LogP contribution in [0.25, 0.3) is 0 Å². The van der Waals surface area contributed by atoms with E-state index >= 15 is 0 Å². The van der Waals surface area contributed by atoms with E-state index in [1.807, 2.05) is 0 Å². The van der Waals surface area contributed by atoms with Crippen LogP contribution in [0.15, 0.2) is 18.2 Å². The molecule has 1 aliphatic carbocycles. The minimum atomic E-state index is -4.56. The van der Waals surface area contributed by atoms with E-state index in [-0.39, 0.29) is 10.7 Å². The first kappa shape index (κ1) is 18.0. The van der Waals surface area contributed by atoms with Gasteiger partial charge in [-0.25, -0.2) is 0 Å². The first-order valence-electron chi connectivity index (χ1n) is 7.77. The van der Waals surface area contributed by atoms with Crippen molar-refractivity contribution in [3.8, 4) is 0 Å². The zero-order chi connectivity index (χ0) is 18.8. The van der Waals surface area contributed by atoms with Gasteiger partial charge in [0.2, 0.25) is 0 Å². The van der Waals surface area contributed by atoms with E-state index in [4.69, 9.17) is 16.3 Å². The molecule has 0 aromatic heterocycles. The Morgan fingerprint density at radius 1 is 1.24 bits per heavy atom. The molecule has 1 saturated heterocycles. The second-order valence-corrected chi connectivity index (χ2v) is 7.73. The third-order valence-corrected chi connectivity index (χ3v) is 6.32. The lowest BCUT2D eigenvalue weighted by Crippen LogP contribution is -2.50. The third-order valence-electron chi connectivity index (χ3n) is 5.99. The molecule has 136 valence electrons. The van der Waals surface area contributed by atoms with E-state index < -0.39 is 40.0 Å². The minimum absolute atomic E-state index is 0.0272. The van der Waals surface area contributed by atoms with Gasteiger partial charge in [0, 0.05) is 5.41 Å². The fourth-order valence-corrected chi connectivity index (χ4v) is 3.93. The SMILES string of the molecule is CC1(C)[C@]2(C)CC[C@]1(C(=O)Nc1cc(C(F)(F)F)ccc1Cl)OC2=O. The van der Waals surface area contributed by atoms with E-state index in [2.05, 4.69) is 5.32 Å². The number of carbonyl (C=O) groups is 2. The van der Waals surface area contributed by atoms with E-state index in [0.717, 1.165) is 18.2 Å². The number of nitrogens with one attached hydrogen (secondary N) is 1. The normalized spacial score (nSPS) is 30.3. The maximum Gasteiger partial charge on any atom is 0.416 e. The maximum atomic E-state index is 12.9. The van der Waals surface area contributed by atoms with Crippen molar-refractivity contribution in [2.75, 3.05) is 5.32 Å². The molecule has 3 rings (SSSR count). The predicted molar refractivity (Wildman–Crippen MR) is 85.0 cm³/mol. The Balaban J connectivity index is 1.95. The van der Waals surface area contributed by atoms with Crippen molar-refractivity contribution in [3.05, 3.63) is 28.8 Å². The Morgan fingerprint density at radius 2 is 1.88 bits per heavy atom. The molecule has 1 aromatic carbocycles. The Hall–Kier alpha value is -1.76. The van der Waals surface area contributed by atoms with Crippen LogP contribution in [0.3, 0.4) is 0 Å². The van der Waals surface area contributed by atoms with Gasteiger partial charge in [0.1, 0.15) is 0 Å². The van der Waals surface area contributed by atoms with E-state index in [0.29, 0.717) is 12.8 Å². The summed E-state index contributed by atoms with van der Waals surface area (Å²) in [6.45, 7) is 5.27. The van der Waals surface area contributed by atoms with Crippen LogP contribution in [0, 0.1) is 10.8 Å². The van der Waals surface area contributed by atoms with Crippen LogP contribution in [0.2, 0.25) is 5.02 Å². The zero-order valence-electron chi connectivity index (χ0n) is 13.9. The number of alkyl halides is 3. The zero-order valence-corrected chi connectivity index (χ0v) is 14.6. The van der Waals surface area contributed by atoms with Crippen molar-refractivity contribution in [2.24, 2.45) is 10.8 Å². The highest BCUT2D eigenvalue weighted by molar-refractivity contribution is 6.33. The molecular weight excluding hydrogens is 359 g/mol. The van der Waals surface area contributed by atoms with Gasteiger partial charge in [0.05, 0.1) is 21.7 Å². The molecule has 0 unspecified atom stereocenters. The van der Waals surface area contributed by atoms with Crippen LogP contribution in [0.1, 0.15) is 39.2 Å². The standard InChI is InChI=1S/C17H17ClF3NO3/c1-14(2)15(3)6-7-16(14,25-13(15)24)12(23)22-11-8-9(17(19,20)21)4-5-10(11)18/h4-5,8H,6-7H2,1-3H3,(H,22,23)/t15-,16-/m1/s1. The van der Waals surface area contributed by atoms with Gasteiger partial charge in [-0.05, 0) is 38.0 Å². The Labute approximate surface area is 147 Å². The van der Waals surface area contributed by atoms with Crippen LogP contribution < -0.4 is 5.32 Å². The molecule has 4 nitrogen and oxygen atoms in total. The molecule has 1 aliphatic heterocycles. The average Bonchev–Trinajstić information content (AvgIpc) is 2.78. The van der Waals surface area contributed by atoms with Crippen molar-refractivity contribution in [3.63, 3.8) is 0 Å². The number of benzene rings is 1. The van der Waals surface area contributed by atoms with Crippen molar-refractivity contribution in [1.29, 1.82) is 0 Å². The second kappa shape index (κ2) is 5.13. The number of hydrogen-bond donors (Lipinski definition) is 1. The van der Waals surface area contributed by atoms with Crippen molar-refractivity contribution >= 4 is 29.2 Å². The summed E-state index contributed by atoms with van der Waals surface area (Å²) < 4.78 is 44.1. The fourth-order valence-electron chi connectivity index (χ4n) is 3.77. The molecule has 0 radical (unpaired) electrons. The topological polar surface area (TPSA) is 55.4 Å². The fraction of sp³-hybridized carbons (Fsp3) is 0.529. The second-order valence-electron chi connectivity index (χ2n) is 7.32. The molecule has 1 N–H and O–H groups in total. The quantitative estimate of drug-likeness (QED) is 0.778. The van der Waals surface area contributed by atoms with Crippen molar-refractivity contribution < 1.29 is 27.5 Å². The molecule has 8 heteroatoms. The van der Waals surface area contributed by atoms with E-state index in [9.17, 15) is 22.8 Å². The Bertz CT molecular complexity index is 777. The molecule has 0 spiro atoms. The maximum absolute atomic E-state index is 12.9. The van der Waals surface area contributed by atoms with Crippen LogP contribution in [0.4, 0.5) is 18.9 Å². The van der Waals surface area contributed by atoms with E-state index in [1.54, 1.807) is 20.8 Å². The lowest BCUT2D eigenvalue weighted by atomic mass is 9.66. The highest BCUT2D eigenvalue weighted by Gasteiger charge is 2.75. The summed E-state index contributed by atoms with van der Waals surface area (Å²) in [5, 5.41) is 2.40. The van der Waals surface area contributed by atoms with Crippen LogP contribution >= 0.6 is 11.6 Å². The molecule has 1 aromatic rings. The number of halogens is 4. The molecular formula is C17H17ClF3NO3. The number of fused-ring (bicyclic) bond motifs is 2. The van der Waals surface area contributed by atoms with Crippen molar-refractivity contribution in [1.82, 2.24) is 0 Å². The Kier molecular flexibility index (Phi) is 3.70. The van der Waals surface area contributed by atoms with Gasteiger partial charge in [-0.15, -0.1) is 0 Å². The molecule has 2 fully saturated rings. The molecule has 2 aliphatic rings. The summed E-state index contributed by atoms with van der Waals surface area (Å²) in [7, 11) is 0. The number of anilines is 1. The monoisotopic (exact) mass is 375 g/mol. The molecule has 1 heterocycles. The Morgan fingerprint density at radius 3 is 2.36 bits per heavy atom. The number of hydrogen-bond acceptors (Lipinski definition) is 3. The first-order valence-corrected chi connectivity index (χ1v) is 8.15. The third kappa shape index (κ3) is 2.28. The van der Waals surface area contributed by atoms with Gasteiger partial charge in [0.25, 0.3) is 5.91 Å². The number of carbonyl (C=O) groups excluding carboxylic acids is 2. The highest BCUT2D eigenvalue weighted by atomic mass is 35.5. The molecule has 2 atom stereocenters. The minimum Gasteiger partial charge on any atom is -0.448 e. The highest BCUT2D eigenvalue weighted by Crippen LogP contribution is 2.65. The smallest absolute Gasteiger partial charge is 0.416 e. The summed E-state index contributed by atoms with van der Waals surface area (Å²) in [4.78, 5) is 25.1. The van der Waals surface area contributed by atoms with Gasteiger partial charge in [-0.1, -0.05) is 25.4 Å². The lowest BCUT2D eigenvalue weighted by Gasteiger charge is -2.35. The first-order chi connectivity index (χ1) is 11.3. The molecule has 1 amide bonds. The lowest BCUT2D eigenvalue weighted by molar-refractivity contribution is -0.165. The van der Waals surface area contributed by atoms with Crippen molar-refractivity contribution in [2.45, 2.75) is 45.4 Å². The van der Waals surface area contributed by atoms with Crippen LogP contribution in [0.5, 0.6) is 0 Å². The number of rotatable bonds is 2. The van der Waals surface area contributed by atoms with Gasteiger partial charge >= 0.3 is 12.1 Å². The van der Waals surface area contributed by atoms with Crippen LogP contribution in [-0.2, 0) is 20.5 Å². The van der Waals surface area contributed by atoms with Gasteiger partial charge < -0.3 is 10.1 Å². The largest absolute Gasteiger partial charge is 0.448 e. The number of amides is 1.